The van der Waals surface area contributed by atoms with Crippen molar-refractivity contribution in [1.29, 1.82) is 0 Å². The van der Waals surface area contributed by atoms with Crippen molar-refractivity contribution in [3.05, 3.63) is 24.3 Å². The molecule has 0 bridgehead atoms. The smallest absolute Gasteiger partial charge is 0.407 e. The Bertz CT molecular complexity index is 918. The van der Waals surface area contributed by atoms with E-state index in [2.05, 4.69) is 50.4 Å². The number of carbonyl (C=O) groups is 3. The molecule has 0 radical (unpaired) electrons. The second-order valence-electron chi connectivity index (χ2n) is 16.2. The third-order valence-electron chi connectivity index (χ3n) is 10.6. The SMILES string of the molecule is CCCCC/C=C\C/C=C\CCCCCCCCC(COC(=O)CCCCCC(=O)OC(CCCCCCCC)CCCCCCCC)COC(=O)NCCC. The molecule has 56 heavy (non-hydrogen) atoms. The van der Waals surface area contributed by atoms with Gasteiger partial charge < -0.3 is 19.5 Å². The Kier molecular flexibility index (Phi) is 42.0. The zero-order valence-corrected chi connectivity index (χ0v) is 37.4. The van der Waals surface area contributed by atoms with E-state index in [9.17, 15) is 14.4 Å². The highest BCUT2D eigenvalue weighted by atomic mass is 16.6. The maximum Gasteiger partial charge on any atom is 0.407 e. The Labute approximate surface area is 346 Å². The van der Waals surface area contributed by atoms with Crippen LogP contribution in [0.1, 0.15) is 240 Å². The van der Waals surface area contributed by atoms with E-state index in [0.29, 0.717) is 25.8 Å². The number of allylic oxidation sites excluding steroid dienone is 4. The summed E-state index contributed by atoms with van der Waals surface area (Å²) in [6, 6.07) is 0. The highest BCUT2D eigenvalue weighted by Gasteiger charge is 2.16. The summed E-state index contributed by atoms with van der Waals surface area (Å²) < 4.78 is 17.1. The molecule has 7 nitrogen and oxygen atoms in total. The number of amides is 1. The summed E-state index contributed by atoms with van der Waals surface area (Å²) in [4.78, 5) is 37.4. The minimum absolute atomic E-state index is 0.00689. The molecule has 0 aromatic heterocycles. The van der Waals surface area contributed by atoms with E-state index in [4.69, 9.17) is 14.2 Å². The van der Waals surface area contributed by atoms with Crippen LogP contribution in [0.4, 0.5) is 4.79 Å². The monoisotopic (exact) mass is 790 g/mol. The maximum atomic E-state index is 12.7. The molecular weight excluding hydrogens is 699 g/mol. The molecule has 7 heteroatoms. The van der Waals surface area contributed by atoms with Crippen LogP contribution in [-0.2, 0) is 23.8 Å². The maximum absolute atomic E-state index is 12.7. The van der Waals surface area contributed by atoms with Gasteiger partial charge in [0.15, 0.2) is 0 Å². The predicted molar refractivity (Wildman–Crippen MR) is 237 cm³/mol. The van der Waals surface area contributed by atoms with Crippen LogP contribution in [-0.4, -0.2) is 43.9 Å². The third-order valence-corrected chi connectivity index (χ3v) is 10.6. The van der Waals surface area contributed by atoms with Gasteiger partial charge in [-0.2, -0.15) is 0 Å². The average Bonchev–Trinajstić information content (AvgIpc) is 3.19. The minimum Gasteiger partial charge on any atom is -0.465 e. The average molecular weight is 790 g/mol. The lowest BCUT2D eigenvalue weighted by molar-refractivity contribution is -0.150. The van der Waals surface area contributed by atoms with Gasteiger partial charge in [-0.05, 0) is 83.5 Å². The molecule has 0 aromatic carbocycles. The van der Waals surface area contributed by atoms with Gasteiger partial charge in [0, 0.05) is 25.3 Å². The fourth-order valence-corrected chi connectivity index (χ4v) is 6.92. The lowest BCUT2D eigenvalue weighted by atomic mass is 10.0. The van der Waals surface area contributed by atoms with Gasteiger partial charge in [-0.25, -0.2) is 4.79 Å². The van der Waals surface area contributed by atoms with Crippen molar-refractivity contribution in [3.63, 3.8) is 0 Å². The number of rotatable bonds is 42. The van der Waals surface area contributed by atoms with Gasteiger partial charge in [-0.3, -0.25) is 9.59 Å². The van der Waals surface area contributed by atoms with E-state index in [0.717, 1.165) is 77.0 Å². The van der Waals surface area contributed by atoms with Gasteiger partial charge in [0.1, 0.15) is 6.10 Å². The second kappa shape index (κ2) is 43.8. The Hall–Kier alpha value is -2.31. The second-order valence-corrected chi connectivity index (χ2v) is 16.2. The van der Waals surface area contributed by atoms with Gasteiger partial charge in [-0.15, -0.1) is 0 Å². The number of alkyl carbamates (subject to hydrolysis) is 1. The van der Waals surface area contributed by atoms with Gasteiger partial charge in [0.25, 0.3) is 0 Å². The Balaban J connectivity index is 4.39. The molecule has 0 aromatic rings. The molecule has 1 N–H and O–H groups in total. The highest BCUT2D eigenvalue weighted by Crippen LogP contribution is 2.19. The summed E-state index contributed by atoms with van der Waals surface area (Å²) in [5.74, 6) is -0.319. The number of hydrogen-bond donors (Lipinski definition) is 1. The first kappa shape index (κ1) is 53.7. The van der Waals surface area contributed by atoms with Crippen molar-refractivity contribution >= 4 is 18.0 Å². The number of unbranched alkanes of at least 4 members (excludes halogenated alkanes) is 21. The quantitative estimate of drug-likeness (QED) is 0.0287. The van der Waals surface area contributed by atoms with Crippen molar-refractivity contribution in [3.8, 4) is 0 Å². The molecule has 0 heterocycles. The zero-order valence-electron chi connectivity index (χ0n) is 37.4. The third kappa shape index (κ3) is 39.9. The lowest BCUT2D eigenvalue weighted by Gasteiger charge is -2.18. The molecule has 0 spiro atoms. The number of ether oxygens (including phenoxy) is 3. The molecule has 0 fully saturated rings. The van der Waals surface area contributed by atoms with Gasteiger partial charge in [-0.1, -0.05) is 168 Å². The van der Waals surface area contributed by atoms with Crippen molar-refractivity contribution in [2.24, 2.45) is 5.92 Å². The summed E-state index contributed by atoms with van der Waals surface area (Å²) in [6.45, 7) is 9.85. The van der Waals surface area contributed by atoms with Crippen LogP contribution in [0.25, 0.3) is 0 Å². The molecule has 0 saturated carbocycles. The molecule has 328 valence electrons. The largest absolute Gasteiger partial charge is 0.465 e. The summed E-state index contributed by atoms with van der Waals surface area (Å²) in [7, 11) is 0. The summed E-state index contributed by atoms with van der Waals surface area (Å²) in [6.07, 6.45) is 44.8. The van der Waals surface area contributed by atoms with E-state index in [1.165, 1.54) is 116 Å². The summed E-state index contributed by atoms with van der Waals surface area (Å²) in [5, 5.41) is 2.76. The summed E-state index contributed by atoms with van der Waals surface area (Å²) >= 11 is 0. The Morgan fingerprint density at radius 2 is 0.911 bits per heavy atom. The van der Waals surface area contributed by atoms with Crippen molar-refractivity contribution in [2.75, 3.05) is 19.8 Å². The van der Waals surface area contributed by atoms with Gasteiger partial charge in [0.2, 0.25) is 0 Å². The first-order valence-electron chi connectivity index (χ1n) is 24.0. The van der Waals surface area contributed by atoms with Crippen molar-refractivity contribution in [2.45, 2.75) is 246 Å². The normalized spacial score (nSPS) is 12.2. The molecule has 0 aliphatic heterocycles. The first-order chi connectivity index (χ1) is 27.5. The predicted octanol–water partition coefficient (Wildman–Crippen LogP) is 14.8. The van der Waals surface area contributed by atoms with E-state index >= 15 is 0 Å². The minimum atomic E-state index is -0.408. The number of esters is 2. The standard InChI is InChI=1S/C49H91NO6/c1-5-9-12-15-18-19-20-21-22-23-24-25-26-27-28-32-37-45(44-55-49(53)50-42-8-4)43-54-47(51)40-35-31-36-41-48(52)56-46(38-33-29-16-13-10-6-2)39-34-30-17-14-11-7-3/h18-19,21-22,45-46H,5-17,20,23-44H2,1-4H3,(H,50,53)/b19-18-,22-21-. The molecule has 1 atom stereocenters. The van der Waals surface area contributed by atoms with E-state index in [-0.39, 0.29) is 37.2 Å². The van der Waals surface area contributed by atoms with Crippen LogP contribution in [0, 0.1) is 5.92 Å². The van der Waals surface area contributed by atoms with Crippen LogP contribution in [0.5, 0.6) is 0 Å². The Morgan fingerprint density at radius 3 is 1.48 bits per heavy atom. The van der Waals surface area contributed by atoms with Crippen LogP contribution in [0.2, 0.25) is 0 Å². The van der Waals surface area contributed by atoms with E-state index in [1.54, 1.807) is 0 Å². The van der Waals surface area contributed by atoms with E-state index in [1.807, 2.05) is 6.92 Å². The molecule has 1 unspecified atom stereocenters. The number of hydrogen-bond acceptors (Lipinski definition) is 6. The van der Waals surface area contributed by atoms with Crippen LogP contribution in [0.15, 0.2) is 24.3 Å². The van der Waals surface area contributed by atoms with Gasteiger partial charge >= 0.3 is 18.0 Å². The molecular formula is C49H91NO6. The van der Waals surface area contributed by atoms with Crippen molar-refractivity contribution in [1.82, 2.24) is 5.32 Å². The first-order valence-corrected chi connectivity index (χ1v) is 24.0. The molecule has 0 rings (SSSR count). The van der Waals surface area contributed by atoms with E-state index < -0.39 is 6.09 Å². The van der Waals surface area contributed by atoms with Crippen molar-refractivity contribution < 1.29 is 28.6 Å². The molecule has 0 aliphatic carbocycles. The van der Waals surface area contributed by atoms with Crippen LogP contribution in [0.3, 0.4) is 0 Å². The molecule has 1 amide bonds. The van der Waals surface area contributed by atoms with Crippen LogP contribution < -0.4 is 5.32 Å². The number of carbonyl (C=O) groups excluding carboxylic acids is 3. The van der Waals surface area contributed by atoms with Gasteiger partial charge in [0.05, 0.1) is 13.2 Å². The lowest BCUT2D eigenvalue weighted by Crippen LogP contribution is -2.28. The summed E-state index contributed by atoms with van der Waals surface area (Å²) in [5.41, 5.74) is 0. The fourth-order valence-electron chi connectivity index (χ4n) is 6.92. The highest BCUT2D eigenvalue weighted by molar-refractivity contribution is 5.70. The topological polar surface area (TPSA) is 90.9 Å². The molecule has 0 saturated heterocycles. The fraction of sp³-hybridized carbons (Fsp3) is 0.857. The number of nitrogens with one attached hydrogen (secondary N) is 1. The molecule has 0 aliphatic rings. The zero-order chi connectivity index (χ0) is 41.0. The van der Waals surface area contributed by atoms with Crippen LogP contribution >= 0.6 is 0 Å². The Morgan fingerprint density at radius 1 is 0.464 bits per heavy atom.